The summed E-state index contributed by atoms with van der Waals surface area (Å²) in [5, 5.41) is 0. The molecule has 0 aliphatic heterocycles. The lowest BCUT2D eigenvalue weighted by Gasteiger charge is -1.98. The Morgan fingerprint density at radius 3 is 1.77 bits per heavy atom. The van der Waals surface area contributed by atoms with Crippen molar-refractivity contribution < 1.29 is 4.79 Å². The Labute approximate surface area is 77.2 Å². The number of hydrogen-bond donors (Lipinski definition) is 2. The van der Waals surface area contributed by atoms with Crippen LogP contribution in [0, 0.1) is 0 Å². The van der Waals surface area contributed by atoms with Crippen LogP contribution in [-0.2, 0) is 4.79 Å². The molecule has 0 aliphatic carbocycles. The summed E-state index contributed by atoms with van der Waals surface area (Å²) in [6.45, 7) is 1.81. The molecule has 1 heterocycles. The summed E-state index contributed by atoms with van der Waals surface area (Å²) in [5.74, 6) is -0.428. The molecule has 13 heavy (non-hydrogen) atoms. The molecular formula is C8H14N4O. The molecule has 72 valence electrons. The van der Waals surface area contributed by atoms with Gasteiger partial charge in [0.05, 0.1) is 6.04 Å². The maximum Gasteiger partial charge on any atom is 0.234 e. The van der Waals surface area contributed by atoms with Gasteiger partial charge in [-0.3, -0.25) is 14.8 Å². The molecule has 5 heteroatoms. The Kier molecular flexibility index (Phi) is 6.35. The van der Waals surface area contributed by atoms with Crippen LogP contribution in [0.25, 0.3) is 0 Å². The Bertz CT molecular complexity index is 200. The average Bonchev–Trinajstić information content (AvgIpc) is 2.20. The number of carbonyl (C=O) groups is 1. The SMILES string of the molecule is CCC(N)C(N)=O.c1cnccn1. The van der Waals surface area contributed by atoms with Crippen LogP contribution in [0.5, 0.6) is 0 Å². The molecule has 0 bridgehead atoms. The van der Waals surface area contributed by atoms with Crippen LogP contribution in [0.3, 0.4) is 0 Å². The van der Waals surface area contributed by atoms with E-state index in [9.17, 15) is 4.79 Å². The molecule has 0 saturated carbocycles. The fraction of sp³-hybridized carbons (Fsp3) is 0.375. The second kappa shape index (κ2) is 7.17. The third-order valence-corrected chi connectivity index (χ3v) is 1.28. The summed E-state index contributed by atoms with van der Waals surface area (Å²) in [4.78, 5) is 17.5. The highest BCUT2D eigenvalue weighted by molar-refractivity contribution is 5.79. The van der Waals surface area contributed by atoms with E-state index in [0.29, 0.717) is 6.42 Å². The van der Waals surface area contributed by atoms with Gasteiger partial charge in [0.15, 0.2) is 0 Å². The summed E-state index contributed by atoms with van der Waals surface area (Å²) < 4.78 is 0. The topological polar surface area (TPSA) is 94.9 Å². The first kappa shape index (κ1) is 11.5. The zero-order chi connectivity index (χ0) is 10.1. The van der Waals surface area contributed by atoms with Gasteiger partial charge in [-0.25, -0.2) is 0 Å². The number of nitrogens with two attached hydrogens (primary N) is 2. The van der Waals surface area contributed by atoms with Crippen LogP contribution in [0.4, 0.5) is 0 Å². The van der Waals surface area contributed by atoms with Crippen molar-refractivity contribution in [2.24, 2.45) is 11.5 Å². The molecule has 0 spiro atoms. The molecule has 0 aliphatic rings. The van der Waals surface area contributed by atoms with Crippen molar-refractivity contribution in [3.63, 3.8) is 0 Å². The zero-order valence-electron chi connectivity index (χ0n) is 7.55. The minimum absolute atomic E-state index is 0.428. The average molecular weight is 182 g/mol. The van der Waals surface area contributed by atoms with Crippen LogP contribution in [0.15, 0.2) is 24.8 Å². The number of carbonyl (C=O) groups excluding carboxylic acids is 1. The van der Waals surface area contributed by atoms with Crippen molar-refractivity contribution >= 4 is 5.91 Å². The molecule has 1 unspecified atom stereocenters. The van der Waals surface area contributed by atoms with E-state index in [1.807, 2.05) is 6.92 Å². The molecule has 1 atom stereocenters. The highest BCUT2D eigenvalue weighted by atomic mass is 16.1. The first-order valence-corrected chi connectivity index (χ1v) is 3.93. The van der Waals surface area contributed by atoms with Gasteiger partial charge < -0.3 is 11.5 Å². The standard InChI is InChI=1S/C4H10N2O.C4H4N2/c1-2-3(5)4(6)7;1-2-6-4-3-5-1/h3H,2,5H2,1H3,(H2,6,7);1-4H. The normalized spacial score (nSPS) is 10.9. The summed E-state index contributed by atoms with van der Waals surface area (Å²) >= 11 is 0. The van der Waals surface area contributed by atoms with Crippen molar-refractivity contribution in [1.82, 2.24) is 9.97 Å². The number of amides is 1. The van der Waals surface area contributed by atoms with Gasteiger partial charge in [0.2, 0.25) is 5.91 Å². The van der Waals surface area contributed by atoms with Gasteiger partial charge in [-0.05, 0) is 6.42 Å². The van der Waals surface area contributed by atoms with E-state index in [4.69, 9.17) is 11.5 Å². The summed E-state index contributed by atoms with van der Waals surface area (Å²) in [6.07, 6.45) is 7.18. The largest absolute Gasteiger partial charge is 0.368 e. The van der Waals surface area contributed by atoms with Gasteiger partial charge in [-0.1, -0.05) is 6.92 Å². The van der Waals surface area contributed by atoms with Gasteiger partial charge in [-0.2, -0.15) is 0 Å². The quantitative estimate of drug-likeness (QED) is 0.655. The molecule has 0 saturated heterocycles. The van der Waals surface area contributed by atoms with Crippen molar-refractivity contribution in [3.8, 4) is 0 Å². The van der Waals surface area contributed by atoms with Crippen molar-refractivity contribution in [3.05, 3.63) is 24.8 Å². The number of primary amides is 1. The maximum absolute atomic E-state index is 10.0. The molecule has 0 radical (unpaired) electrons. The number of nitrogens with zero attached hydrogens (tertiary/aromatic N) is 2. The highest BCUT2D eigenvalue weighted by Crippen LogP contribution is 1.80. The molecular weight excluding hydrogens is 168 g/mol. The maximum atomic E-state index is 10.0. The number of aromatic nitrogens is 2. The van der Waals surface area contributed by atoms with Crippen molar-refractivity contribution in [1.29, 1.82) is 0 Å². The Balaban J connectivity index is 0.000000223. The van der Waals surface area contributed by atoms with Crippen molar-refractivity contribution in [2.75, 3.05) is 0 Å². The molecule has 5 nitrogen and oxygen atoms in total. The van der Waals surface area contributed by atoms with E-state index in [0.717, 1.165) is 0 Å². The van der Waals surface area contributed by atoms with Gasteiger partial charge >= 0.3 is 0 Å². The van der Waals surface area contributed by atoms with Crippen LogP contribution < -0.4 is 11.5 Å². The molecule has 1 rings (SSSR count). The van der Waals surface area contributed by atoms with E-state index in [2.05, 4.69) is 9.97 Å². The second-order valence-electron chi connectivity index (χ2n) is 2.31. The first-order chi connectivity index (χ1) is 6.18. The predicted molar refractivity (Wildman–Crippen MR) is 49.5 cm³/mol. The molecule has 0 aromatic carbocycles. The number of rotatable bonds is 2. The van der Waals surface area contributed by atoms with Gasteiger partial charge in [0, 0.05) is 24.8 Å². The first-order valence-electron chi connectivity index (χ1n) is 3.93. The van der Waals surface area contributed by atoms with Crippen LogP contribution in [0.1, 0.15) is 13.3 Å². The number of hydrogen-bond acceptors (Lipinski definition) is 4. The smallest absolute Gasteiger partial charge is 0.234 e. The minimum atomic E-state index is -0.458. The molecule has 0 fully saturated rings. The fourth-order valence-corrected chi connectivity index (χ4v) is 0.455. The Hall–Kier alpha value is -1.49. The summed E-state index contributed by atoms with van der Waals surface area (Å²) in [6, 6.07) is -0.458. The zero-order valence-corrected chi connectivity index (χ0v) is 7.55. The summed E-state index contributed by atoms with van der Waals surface area (Å²) in [5.41, 5.74) is 9.92. The third kappa shape index (κ3) is 6.89. The monoisotopic (exact) mass is 182 g/mol. The van der Waals surface area contributed by atoms with E-state index in [-0.39, 0.29) is 0 Å². The highest BCUT2D eigenvalue weighted by Gasteiger charge is 2.02. The van der Waals surface area contributed by atoms with Crippen molar-refractivity contribution in [2.45, 2.75) is 19.4 Å². The van der Waals surface area contributed by atoms with Crippen LogP contribution in [0.2, 0.25) is 0 Å². The Morgan fingerprint density at radius 1 is 1.31 bits per heavy atom. The third-order valence-electron chi connectivity index (χ3n) is 1.28. The summed E-state index contributed by atoms with van der Waals surface area (Å²) in [7, 11) is 0. The molecule has 4 N–H and O–H groups in total. The minimum Gasteiger partial charge on any atom is -0.368 e. The molecule has 1 amide bonds. The Morgan fingerprint density at radius 2 is 1.69 bits per heavy atom. The van der Waals surface area contributed by atoms with Gasteiger partial charge in [0.1, 0.15) is 0 Å². The fourth-order valence-electron chi connectivity index (χ4n) is 0.455. The lowest BCUT2D eigenvalue weighted by molar-refractivity contribution is -0.119. The predicted octanol–water partition coefficient (Wildman–Crippen LogP) is -0.314. The van der Waals surface area contributed by atoms with E-state index >= 15 is 0 Å². The molecule has 1 aromatic rings. The second-order valence-corrected chi connectivity index (χ2v) is 2.31. The lowest BCUT2D eigenvalue weighted by atomic mass is 10.2. The van der Waals surface area contributed by atoms with Crippen LogP contribution in [-0.4, -0.2) is 21.9 Å². The van der Waals surface area contributed by atoms with E-state index in [1.54, 1.807) is 24.8 Å². The lowest BCUT2D eigenvalue weighted by Crippen LogP contribution is -2.35. The van der Waals surface area contributed by atoms with Gasteiger partial charge in [0.25, 0.3) is 0 Å². The van der Waals surface area contributed by atoms with E-state index < -0.39 is 11.9 Å². The van der Waals surface area contributed by atoms with Gasteiger partial charge in [-0.15, -0.1) is 0 Å². The van der Waals surface area contributed by atoms with Crippen LogP contribution >= 0.6 is 0 Å². The molecule has 1 aromatic heterocycles. The van der Waals surface area contributed by atoms with E-state index in [1.165, 1.54) is 0 Å².